The number of rotatable bonds is 3. The van der Waals surface area contributed by atoms with Gasteiger partial charge in [-0.15, -0.1) is 0 Å². The van der Waals surface area contributed by atoms with E-state index in [2.05, 4.69) is 4.98 Å². The largest absolute Gasteiger partial charge is 0.481 e. The van der Waals surface area contributed by atoms with Gasteiger partial charge in [0.15, 0.2) is 0 Å². The Kier molecular flexibility index (Phi) is 3.15. The molecule has 1 aromatic heterocycles. The molecule has 0 saturated carbocycles. The Balaban J connectivity index is 2.77. The third-order valence-corrected chi connectivity index (χ3v) is 1.69. The lowest BCUT2D eigenvalue weighted by atomic mass is 10.1. The van der Waals surface area contributed by atoms with Crippen LogP contribution in [0, 0.1) is 11.3 Å². The molecule has 0 aromatic carbocycles. The summed E-state index contributed by atoms with van der Waals surface area (Å²) >= 11 is 0. The van der Waals surface area contributed by atoms with Gasteiger partial charge < -0.3 is 10.8 Å². The summed E-state index contributed by atoms with van der Waals surface area (Å²) in [7, 11) is 0. The maximum absolute atomic E-state index is 10.3. The van der Waals surface area contributed by atoms with Crippen LogP contribution in [0.4, 0.5) is 0 Å². The zero-order chi connectivity index (χ0) is 10.6. The predicted octanol–water partition coefficient (Wildman–Crippen LogP) is 0.428. The average Bonchev–Trinajstić information content (AvgIpc) is 2.17. The highest BCUT2D eigenvalue weighted by Crippen LogP contribution is 2.11. The lowest BCUT2D eigenvalue weighted by molar-refractivity contribution is -0.137. The van der Waals surface area contributed by atoms with Crippen LogP contribution in [-0.2, 0) is 4.79 Å². The van der Waals surface area contributed by atoms with Crippen molar-refractivity contribution in [1.82, 2.24) is 4.98 Å². The van der Waals surface area contributed by atoms with Crippen molar-refractivity contribution in [2.45, 2.75) is 12.5 Å². The summed E-state index contributed by atoms with van der Waals surface area (Å²) in [5.41, 5.74) is 6.47. The van der Waals surface area contributed by atoms with Gasteiger partial charge in [-0.25, -0.2) is 0 Å². The molecule has 5 heteroatoms. The Labute approximate surface area is 80.8 Å². The van der Waals surface area contributed by atoms with E-state index in [9.17, 15) is 4.79 Å². The van der Waals surface area contributed by atoms with Gasteiger partial charge in [0, 0.05) is 6.20 Å². The number of carbonyl (C=O) groups is 1. The zero-order valence-corrected chi connectivity index (χ0v) is 7.34. The zero-order valence-electron chi connectivity index (χ0n) is 7.34. The van der Waals surface area contributed by atoms with E-state index >= 15 is 0 Å². The van der Waals surface area contributed by atoms with Crippen molar-refractivity contribution in [1.29, 1.82) is 5.26 Å². The fourth-order valence-electron chi connectivity index (χ4n) is 0.983. The van der Waals surface area contributed by atoms with Crippen molar-refractivity contribution >= 4 is 5.97 Å². The maximum Gasteiger partial charge on any atom is 0.305 e. The summed E-state index contributed by atoms with van der Waals surface area (Å²) in [5, 5.41) is 17.0. The van der Waals surface area contributed by atoms with Gasteiger partial charge in [0.2, 0.25) is 0 Å². The molecule has 0 aliphatic rings. The molecule has 1 rings (SSSR count). The molecule has 0 unspecified atom stereocenters. The Hall–Kier alpha value is -1.93. The summed E-state index contributed by atoms with van der Waals surface area (Å²) < 4.78 is 0. The molecule has 1 atom stereocenters. The molecule has 14 heavy (non-hydrogen) atoms. The number of aliphatic carboxylic acids is 1. The van der Waals surface area contributed by atoms with Crippen molar-refractivity contribution in [3.05, 3.63) is 29.6 Å². The van der Waals surface area contributed by atoms with Gasteiger partial charge >= 0.3 is 5.97 Å². The minimum atomic E-state index is -0.969. The number of nitrogens with two attached hydrogens (primary N) is 1. The minimum Gasteiger partial charge on any atom is -0.481 e. The number of aromatic nitrogens is 1. The molecular formula is C9H9N3O2. The SMILES string of the molecule is N#Cc1ccc([C@H](N)CC(=O)O)nc1. The molecule has 0 amide bonds. The highest BCUT2D eigenvalue weighted by atomic mass is 16.4. The van der Waals surface area contributed by atoms with Crippen LogP contribution < -0.4 is 5.73 Å². The first-order valence-electron chi connectivity index (χ1n) is 3.97. The first kappa shape index (κ1) is 10.2. The van der Waals surface area contributed by atoms with Crippen LogP contribution in [0.5, 0.6) is 0 Å². The second-order valence-corrected chi connectivity index (χ2v) is 2.79. The van der Waals surface area contributed by atoms with Crippen LogP contribution >= 0.6 is 0 Å². The molecule has 0 aliphatic heterocycles. The fourth-order valence-corrected chi connectivity index (χ4v) is 0.983. The number of carboxylic acid groups (broad SMARTS) is 1. The topological polar surface area (TPSA) is 100 Å². The predicted molar refractivity (Wildman–Crippen MR) is 48.1 cm³/mol. The van der Waals surface area contributed by atoms with E-state index < -0.39 is 12.0 Å². The second kappa shape index (κ2) is 4.35. The van der Waals surface area contributed by atoms with E-state index in [1.54, 1.807) is 12.1 Å². The lowest BCUT2D eigenvalue weighted by Crippen LogP contribution is -2.16. The van der Waals surface area contributed by atoms with Gasteiger partial charge in [-0.05, 0) is 12.1 Å². The molecular weight excluding hydrogens is 182 g/mol. The Morgan fingerprint density at radius 2 is 2.43 bits per heavy atom. The number of hydrogen-bond acceptors (Lipinski definition) is 4. The number of hydrogen-bond donors (Lipinski definition) is 2. The van der Waals surface area contributed by atoms with Gasteiger partial charge in [0.25, 0.3) is 0 Å². The summed E-state index contributed by atoms with van der Waals surface area (Å²) in [4.78, 5) is 14.2. The standard InChI is InChI=1S/C9H9N3O2/c10-4-6-1-2-8(12-5-6)7(11)3-9(13)14/h1-2,5,7H,3,11H2,(H,13,14)/t7-/m1/s1. The van der Waals surface area contributed by atoms with Gasteiger partial charge in [-0.2, -0.15) is 5.26 Å². The van der Waals surface area contributed by atoms with Gasteiger partial charge in [-0.3, -0.25) is 9.78 Å². The molecule has 3 N–H and O–H groups in total. The van der Waals surface area contributed by atoms with E-state index in [1.807, 2.05) is 6.07 Å². The van der Waals surface area contributed by atoms with Crippen LogP contribution in [0.15, 0.2) is 18.3 Å². The molecule has 0 bridgehead atoms. The lowest BCUT2D eigenvalue weighted by Gasteiger charge is -2.07. The van der Waals surface area contributed by atoms with Crippen molar-refractivity contribution in [3.8, 4) is 6.07 Å². The molecule has 1 heterocycles. The van der Waals surface area contributed by atoms with Gasteiger partial charge in [-0.1, -0.05) is 0 Å². The summed E-state index contributed by atoms with van der Waals surface area (Å²) in [6, 6.07) is 4.41. The Bertz CT molecular complexity index is 367. The van der Waals surface area contributed by atoms with E-state index in [1.165, 1.54) is 6.20 Å². The van der Waals surface area contributed by atoms with E-state index in [-0.39, 0.29) is 6.42 Å². The molecule has 0 aliphatic carbocycles. The minimum absolute atomic E-state index is 0.168. The van der Waals surface area contributed by atoms with Crippen molar-refractivity contribution in [2.24, 2.45) is 5.73 Å². The van der Waals surface area contributed by atoms with E-state index in [0.29, 0.717) is 11.3 Å². The van der Waals surface area contributed by atoms with E-state index in [0.717, 1.165) is 0 Å². The quantitative estimate of drug-likeness (QED) is 0.721. The second-order valence-electron chi connectivity index (χ2n) is 2.79. The van der Waals surface area contributed by atoms with E-state index in [4.69, 9.17) is 16.1 Å². The maximum atomic E-state index is 10.3. The fraction of sp³-hybridized carbons (Fsp3) is 0.222. The molecule has 0 spiro atoms. The Morgan fingerprint density at radius 1 is 1.71 bits per heavy atom. The molecule has 5 nitrogen and oxygen atoms in total. The normalized spacial score (nSPS) is 11.7. The van der Waals surface area contributed by atoms with Crippen molar-refractivity contribution in [2.75, 3.05) is 0 Å². The third kappa shape index (κ3) is 2.54. The van der Waals surface area contributed by atoms with Gasteiger partial charge in [0.05, 0.1) is 23.7 Å². The van der Waals surface area contributed by atoms with Gasteiger partial charge in [0.1, 0.15) is 6.07 Å². The van der Waals surface area contributed by atoms with Crippen LogP contribution in [0.2, 0.25) is 0 Å². The summed E-state index contributed by atoms with van der Waals surface area (Å²) in [5.74, 6) is -0.969. The molecule has 0 radical (unpaired) electrons. The summed E-state index contributed by atoms with van der Waals surface area (Å²) in [6.07, 6.45) is 1.20. The molecule has 0 fully saturated rings. The van der Waals surface area contributed by atoms with Crippen LogP contribution in [-0.4, -0.2) is 16.1 Å². The highest BCUT2D eigenvalue weighted by molar-refractivity contribution is 5.67. The van der Waals surface area contributed by atoms with Crippen LogP contribution in [0.25, 0.3) is 0 Å². The smallest absolute Gasteiger partial charge is 0.305 e. The number of nitriles is 1. The first-order valence-corrected chi connectivity index (χ1v) is 3.97. The summed E-state index contributed by atoms with van der Waals surface area (Å²) in [6.45, 7) is 0. The molecule has 0 saturated heterocycles. The van der Waals surface area contributed by atoms with Crippen LogP contribution in [0.3, 0.4) is 0 Å². The number of carboxylic acids is 1. The molecule has 1 aromatic rings. The highest BCUT2D eigenvalue weighted by Gasteiger charge is 2.11. The Morgan fingerprint density at radius 3 is 2.86 bits per heavy atom. The van der Waals surface area contributed by atoms with Crippen molar-refractivity contribution < 1.29 is 9.90 Å². The average molecular weight is 191 g/mol. The monoisotopic (exact) mass is 191 g/mol. The van der Waals surface area contributed by atoms with Crippen LogP contribution in [0.1, 0.15) is 23.7 Å². The molecule has 72 valence electrons. The van der Waals surface area contributed by atoms with Crippen molar-refractivity contribution in [3.63, 3.8) is 0 Å². The first-order chi connectivity index (χ1) is 6.63. The number of pyridine rings is 1. The third-order valence-electron chi connectivity index (χ3n) is 1.69. The number of nitrogens with zero attached hydrogens (tertiary/aromatic N) is 2.